The molecule has 2 N–H and O–H groups in total. The average Bonchev–Trinajstić information content (AvgIpc) is 3.04. The molecule has 0 aromatic heterocycles. The molecule has 1 aliphatic rings. The van der Waals surface area contributed by atoms with Gasteiger partial charge in [0.2, 0.25) is 5.91 Å². The Hall–Kier alpha value is -1.62. The van der Waals surface area contributed by atoms with Crippen molar-refractivity contribution in [2.24, 2.45) is 11.7 Å². The van der Waals surface area contributed by atoms with Crippen LogP contribution in [0.4, 0.5) is 18.9 Å². The first kappa shape index (κ1) is 23.7. The molecule has 0 spiro atoms. The van der Waals surface area contributed by atoms with Crippen LogP contribution in [0.1, 0.15) is 25.7 Å². The summed E-state index contributed by atoms with van der Waals surface area (Å²) < 4.78 is 41.4. The molecule has 0 saturated heterocycles. The molecule has 1 aliphatic carbocycles. The quantitative estimate of drug-likeness (QED) is 0.494. The van der Waals surface area contributed by atoms with Crippen LogP contribution in [0.5, 0.6) is 5.75 Å². The Labute approximate surface area is 177 Å². The number of alkyl halides is 3. The molecule has 0 bridgehead atoms. The Balaban J connectivity index is 2.39. The first-order valence-corrected chi connectivity index (χ1v) is 12.0. The molecule has 3 atom stereocenters. The van der Waals surface area contributed by atoms with Gasteiger partial charge in [0.1, 0.15) is 5.75 Å². The summed E-state index contributed by atoms with van der Waals surface area (Å²) in [5, 5.41) is 2.42. The molecule has 11 heteroatoms. The van der Waals surface area contributed by atoms with Gasteiger partial charge < -0.3 is 10.5 Å². The highest BCUT2D eigenvalue weighted by molar-refractivity contribution is 8.52. The topological polar surface area (TPSA) is 72.6 Å². The third-order valence-corrected chi connectivity index (χ3v) is 5.99. The predicted molar refractivity (Wildman–Crippen MR) is 110 cm³/mol. The minimum atomic E-state index is -4.89. The molecule has 1 saturated carbocycles. The number of amides is 2. The summed E-state index contributed by atoms with van der Waals surface area (Å²) in [6.45, 7) is 1.92. The second-order valence-corrected chi connectivity index (χ2v) is 9.36. The molecule has 0 aliphatic heterocycles. The number of primary amides is 1. The molecule has 1 fully saturated rings. The minimum absolute atomic E-state index is 0.107. The maximum absolute atomic E-state index is 12.8. The fraction of sp³-hybridized carbons (Fsp3) is 0.444. The van der Waals surface area contributed by atoms with E-state index < -0.39 is 23.9 Å². The largest absolute Gasteiger partial charge is 0.573 e. The summed E-state index contributed by atoms with van der Waals surface area (Å²) in [5.41, 5.74) is 5.62. The summed E-state index contributed by atoms with van der Waals surface area (Å²) >= 11 is 7.25. The number of halogens is 4. The number of nitrogens with two attached hydrogens (primary N) is 1. The van der Waals surface area contributed by atoms with E-state index in [1.165, 1.54) is 28.4 Å². The molecule has 5 nitrogen and oxygen atoms in total. The second kappa shape index (κ2) is 10.4. The maximum Gasteiger partial charge on any atom is 0.573 e. The molecule has 3 unspecified atom stereocenters. The molecule has 29 heavy (non-hydrogen) atoms. The van der Waals surface area contributed by atoms with Gasteiger partial charge in [-0.25, -0.2) is 0 Å². The molecule has 0 heterocycles. The number of anilines is 1. The fourth-order valence-electron chi connectivity index (χ4n) is 3.34. The zero-order valence-corrected chi connectivity index (χ0v) is 18.0. The first-order chi connectivity index (χ1) is 13.6. The van der Waals surface area contributed by atoms with Crippen LogP contribution in [0, 0.1) is 17.1 Å². The van der Waals surface area contributed by atoms with Gasteiger partial charge in [0.25, 0.3) is 0 Å². The molecule has 1 aromatic rings. The number of hydrogen-bond donors (Lipinski definition) is 1. The predicted octanol–water partition coefficient (Wildman–Crippen LogP) is 4.53. The summed E-state index contributed by atoms with van der Waals surface area (Å²) in [6, 6.07) is 3.25. The van der Waals surface area contributed by atoms with Crippen LogP contribution in [-0.4, -0.2) is 30.9 Å². The third kappa shape index (κ3) is 6.98. The van der Waals surface area contributed by atoms with Crippen LogP contribution in [0.25, 0.3) is 0 Å². The number of nitrogens with zero attached hydrogens (tertiary/aromatic N) is 1. The van der Waals surface area contributed by atoms with Gasteiger partial charge in [0.05, 0.1) is 5.02 Å². The van der Waals surface area contributed by atoms with E-state index in [-0.39, 0.29) is 29.1 Å². The molecule has 1 aromatic carbocycles. The van der Waals surface area contributed by atoms with Crippen molar-refractivity contribution in [1.82, 2.24) is 0 Å². The van der Waals surface area contributed by atoms with E-state index in [1.807, 2.05) is 6.66 Å². The summed E-state index contributed by atoms with van der Waals surface area (Å²) in [6.07, 6.45) is -2.67. The van der Waals surface area contributed by atoms with E-state index in [0.29, 0.717) is 20.6 Å². The zero-order chi connectivity index (χ0) is 21.6. The van der Waals surface area contributed by atoms with Crippen molar-refractivity contribution in [3.05, 3.63) is 23.2 Å². The van der Waals surface area contributed by atoms with Crippen molar-refractivity contribution >= 4 is 48.3 Å². The number of carbonyl (C=O) groups is 2. The van der Waals surface area contributed by atoms with Crippen molar-refractivity contribution in [3.8, 4) is 16.9 Å². The van der Waals surface area contributed by atoms with Crippen LogP contribution in [0.3, 0.4) is 0 Å². The van der Waals surface area contributed by atoms with E-state index in [2.05, 4.69) is 15.9 Å². The molecule has 158 valence electrons. The third-order valence-electron chi connectivity index (χ3n) is 4.36. The highest BCUT2D eigenvalue weighted by Crippen LogP contribution is 2.38. The van der Waals surface area contributed by atoms with Gasteiger partial charge in [-0.15, -0.1) is 13.2 Å². The van der Waals surface area contributed by atoms with Crippen LogP contribution in [0.15, 0.2) is 18.2 Å². The van der Waals surface area contributed by atoms with Gasteiger partial charge in [-0.1, -0.05) is 37.2 Å². The molecule has 2 amide bonds. The van der Waals surface area contributed by atoms with Gasteiger partial charge in [-0.2, -0.15) is 0 Å². The fourth-order valence-corrected chi connectivity index (χ4v) is 4.25. The monoisotopic (exact) mass is 466 g/mol. The number of hydrogen-bond acceptors (Lipinski definition) is 4. The smallest absolute Gasteiger partial charge is 0.404 e. The van der Waals surface area contributed by atoms with Gasteiger partial charge in [-0.05, 0) is 48.9 Å². The van der Waals surface area contributed by atoms with E-state index in [9.17, 15) is 22.8 Å². The van der Waals surface area contributed by atoms with Gasteiger partial charge in [-0.3, -0.25) is 14.5 Å². The minimum Gasteiger partial charge on any atom is -0.404 e. The molecular weight excluding hydrogens is 448 g/mol. The van der Waals surface area contributed by atoms with E-state index in [1.54, 1.807) is 0 Å². The number of ether oxygens (including phenoxy) is 1. The Kier molecular flexibility index (Phi) is 8.50. The Bertz CT molecular complexity index is 829. The molecular formula is C18H19ClF3N2O3PS. The van der Waals surface area contributed by atoms with Crippen LogP contribution in [-0.2, 0) is 9.59 Å². The average molecular weight is 467 g/mol. The SMILES string of the molecule is CPSC#CC(=O)N(c1ccc(OC(F)(F)F)c(Cl)c1)C1CCCC1CC(N)=O. The molecule has 0 radical (unpaired) electrons. The Morgan fingerprint density at radius 2 is 2.14 bits per heavy atom. The standard InChI is InChI=1S/C18H19ClF3N2O3PS/c1-28-29-8-7-17(26)24(14-4-2-3-11(14)9-16(23)25)12-5-6-15(13(19)10-12)27-18(20,21)22/h5-6,10-11,14,28H,2-4,9H2,1H3,(H2,23,25). The van der Waals surface area contributed by atoms with Gasteiger partial charge in [0.15, 0.2) is 0 Å². The van der Waals surface area contributed by atoms with Crippen LogP contribution < -0.4 is 15.4 Å². The highest BCUT2D eigenvalue weighted by Gasteiger charge is 2.37. The molecule has 2 rings (SSSR count). The summed E-state index contributed by atoms with van der Waals surface area (Å²) in [4.78, 5) is 25.6. The van der Waals surface area contributed by atoms with E-state index >= 15 is 0 Å². The van der Waals surface area contributed by atoms with E-state index in [0.717, 1.165) is 12.5 Å². The summed E-state index contributed by atoms with van der Waals surface area (Å²) in [7, 11) is 0.474. The zero-order valence-electron chi connectivity index (χ0n) is 15.4. The van der Waals surface area contributed by atoms with Crippen molar-refractivity contribution in [2.45, 2.75) is 38.1 Å². The van der Waals surface area contributed by atoms with Gasteiger partial charge >= 0.3 is 12.3 Å². The second-order valence-electron chi connectivity index (χ2n) is 6.30. The van der Waals surface area contributed by atoms with E-state index in [4.69, 9.17) is 17.3 Å². The van der Waals surface area contributed by atoms with Crippen molar-refractivity contribution in [3.63, 3.8) is 0 Å². The first-order valence-electron chi connectivity index (χ1n) is 8.62. The van der Waals surface area contributed by atoms with Crippen LogP contribution in [0.2, 0.25) is 5.02 Å². The lowest BCUT2D eigenvalue weighted by molar-refractivity contribution is -0.274. The van der Waals surface area contributed by atoms with Crippen molar-refractivity contribution in [1.29, 1.82) is 0 Å². The lowest BCUT2D eigenvalue weighted by Crippen LogP contribution is -2.43. The Morgan fingerprint density at radius 1 is 1.41 bits per heavy atom. The highest BCUT2D eigenvalue weighted by atomic mass is 35.5. The lowest BCUT2D eigenvalue weighted by Gasteiger charge is -2.31. The Morgan fingerprint density at radius 3 is 2.72 bits per heavy atom. The number of rotatable bonds is 6. The van der Waals surface area contributed by atoms with Gasteiger partial charge in [0, 0.05) is 24.1 Å². The number of carbonyl (C=O) groups excluding carboxylic acids is 2. The van der Waals surface area contributed by atoms with Crippen molar-refractivity contribution < 1.29 is 27.5 Å². The summed E-state index contributed by atoms with van der Waals surface area (Å²) in [5.74, 6) is 0.820. The lowest BCUT2D eigenvalue weighted by atomic mass is 9.97. The van der Waals surface area contributed by atoms with Crippen molar-refractivity contribution in [2.75, 3.05) is 11.6 Å². The maximum atomic E-state index is 12.8. The van der Waals surface area contributed by atoms with Crippen LogP contribution >= 0.6 is 30.8 Å². The number of benzene rings is 1. The normalized spacial score (nSPS) is 19.1.